The van der Waals surface area contributed by atoms with Gasteiger partial charge in [-0.15, -0.1) is 11.8 Å². The van der Waals surface area contributed by atoms with E-state index >= 15 is 0 Å². The molecule has 0 radical (unpaired) electrons. The van der Waals surface area contributed by atoms with Crippen molar-refractivity contribution < 1.29 is 13.2 Å². The minimum atomic E-state index is -4.33. The predicted octanol–water partition coefficient (Wildman–Crippen LogP) is 4.61. The second-order valence-corrected chi connectivity index (χ2v) is 7.67. The molecule has 0 saturated carbocycles. The number of nitrogens with one attached hydrogen (secondary N) is 1. The van der Waals surface area contributed by atoms with Gasteiger partial charge in [-0.05, 0) is 38.8 Å². The largest absolute Gasteiger partial charge is 0.417 e. The molecule has 1 N–H and O–H groups in total. The Morgan fingerprint density at radius 3 is 2.19 bits per heavy atom. The third-order valence-electron chi connectivity index (χ3n) is 2.91. The Bertz CT molecular complexity index is 436. The molecule has 0 fully saturated rings. The molecule has 120 valence electrons. The molecule has 0 amide bonds. The Hall–Kier alpha value is -0.750. The van der Waals surface area contributed by atoms with E-state index in [9.17, 15) is 13.2 Å². The van der Waals surface area contributed by atoms with Crippen molar-refractivity contribution in [1.82, 2.24) is 10.3 Å². The molecular weight excluding hydrogens is 297 g/mol. The summed E-state index contributed by atoms with van der Waals surface area (Å²) < 4.78 is 37.5. The molecular formula is C15H23F3N2S. The molecule has 0 aliphatic rings. The number of hydrogen-bond acceptors (Lipinski definition) is 3. The zero-order valence-electron chi connectivity index (χ0n) is 13.1. The van der Waals surface area contributed by atoms with Crippen molar-refractivity contribution in [3.63, 3.8) is 0 Å². The van der Waals surface area contributed by atoms with Crippen LogP contribution in [0, 0.1) is 5.92 Å². The first kappa shape index (κ1) is 18.3. The van der Waals surface area contributed by atoms with Crippen LogP contribution < -0.4 is 5.32 Å². The predicted molar refractivity (Wildman–Crippen MR) is 81.5 cm³/mol. The van der Waals surface area contributed by atoms with Gasteiger partial charge in [-0.1, -0.05) is 13.8 Å². The van der Waals surface area contributed by atoms with Crippen LogP contribution in [-0.4, -0.2) is 22.3 Å². The molecule has 1 unspecified atom stereocenters. The van der Waals surface area contributed by atoms with Crippen LogP contribution in [0.1, 0.15) is 40.2 Å². The van der Waals surface area contributed by atoms with Gasteiger partial charge < -0.3 is 5.32 Å². The second-order valence-electron chi connectivity index (χ2n) is 6.41. The Labute approximate surface area is 128 Å². The van der Waals surface area contributed by atoms with Crippen LogP contribution in [0.15, 0.2) is 23.4 Å². The van der Waals surface area contributed by atoms with E-state index in [1.807, 2.05) is 0 Å². The van der Waals surface area contributed by atoms with E-state index in [1.54, 1.807) is 0 Å². The first-order chi connectivity index (χ1) is 9.49. The highest BCUT2D eigenvalue weighted by Crippen LogP contribution is 2.31. The molecule has 0 aliphatic carbocycles. The van der Waals surface area contributed by atoms with E-state index in [1.165, 1.54) is 17.8 Å². The summed E-state index contributed by atoms with van der Waals surface area (Å²) in [5, 5.41) is 4.31. The quantitative estimate of drug-likeness (QED) is 0.802. The van der Waals surface area contributed by atoms with Crippen LogP contribution in [-0.2, 0) is 6.18 Å². The molecule has 1 aromatic heterocycles. The SMILES string of the molecule is CC(C)C(CNC(C)(C)C)Sc1ccc(C(F)(F)F)cn1. The molecule has 1 atom stereocenters. The van der Waals surface area contributed by atoms with Gasteiger partial charge in [0.25, 0.3) is 0 Å². The van der Waals surface area contributed by atoms with Crippen molar-refractivity contribution in [2.75, 3.05) is 6.54 Å². The summed E-state index contributed by atoms with van der Waals surface area (Å²) in [5.41, 5.74) is -0.692. The van der Waals surface area contributed by atoms with E-state index in [-0.39, 0.29) is 10.8 Å². The third kappa shape index (κ3) is 6.70. The number of alkyl halides is 3. The Balaban J connectivity index is 2.71. The number of halogens is 3. The molecule has 21 heavy (non-hydrogen) atoms. The van der Waals surface area contributed by atoms with Gasteiger partial charge in [0, 0.05) is 23.5 Å². The van der Waals surface area contributed by atoms with E-state index < -0.39 is 11.7 Å². The van der Waals surface area contributed by atoms with Crippen molar-refractivity contribution >= 4 is 11.8 Å². The maximum Gasteiger partial charge on any atom is 0.417 e. The van der Waals surface area contributed by atoms with E-state index in [0.717, 1.165) is 18.8 Å². The van der Waals surface area contributed by atoms with Crippen LogP contribution in [0.3, 0.4) is 0 Å². The molecule has 0 aromatic carbocycles. The monoisotopic (exact) mass is 320 g/mol. The lowest BCUT2D eigenvalue weighted by atomic mass is 10.1. The fourth-order valence-electron chi connectivity index (χ4n) is 1.59. The number of nitrogens with zero attached hydrogens (tertiary/aromatic N) is 1. The number of hydrogen-bond donors (Lipinski definition) is 1. The molecule has 1 aromatic rings. The van der Waals surface area contributed by atoms with Crippen LogP contribution in [0.5, 0.6) is 0 Å². The van der Waals surface area contributed by atoms with Crippen LogP contribution in [0.2, 0.25) is 0 Å². The lowest BCUT2D eigenvalue weighted by Crippen LogP contribution is -2.41. The third-order valence-corrected chi connectivity index (χ3v) is 4.41. The van der Waals surface area contributed by atoms with E-state index in [2.05, 4.69) is 44.9 Å². The molecule has 1 heterocycles. The van der Waals surface area contributed by atoms with Crippen molar-refractivity contribution in [3.05, 3.63) is 23.9 Å². The van der Waals surface area contributed by atoms with Crippen LogP contribution in [0.25, 0.3) is 0 Å². The van der Waals surface area contributed by atoms with Gasteiger partial charge >= 0.3 is 6.18 Å². The summed E-state index contributed by atoms with van der Waals surface area (Å²) in [6.45, 7) is 11.3. The highest BCUT2D eigenvalue weighted by Gasteiger charge is 2.30. The van der Waals surface area contributed by atoms with E-state index in [4.69, 9.17) is 0 Å². The topological polar surface area (TPSA) is 24.9 Å². The molecule has 0 bridgehead atoms. The Morgan fingerprint density at radius 1 is 1.19 bits per heavy atom. The second kappa shape index (κ2) is 7.01. The maximum absolute atomic E-state index is 12.5. The first-order valence-corrected chi connectivity index (χ1v) is 7.82. The summed E-state index contributed by atoms with van der Waals surface area (Å²) in [6, 6.07) is 2.53. The minimum Gasteiger partial charge on any atom is -0.311 e. The average molecular weight is 320 g/mol. The summed E-state index contributed by atoms with van der Waals surface area (Å²) in [5.74, 6) is 0.397. The van der Waals surface area contributed by atoms with Crippen molar-refractivity contribution in [3.8, 4) is 0 Å². The van der Waals surface area contributed by atoms with Crippen molar-refractivity contribution in [2.45, 2.75) is 56.6 Å². The number of pyridine rings is 1. The zero-order chi connectivity index (χ0) is 16.3. The first-order valence-electron chi connectivity index (χ1n) is 6.94. The number of rotatable bonds is 5. The molecule has 0 saturated heterocycles. The van der Waals surface area contributed by atoms with Gasteiger partial charge in [-0.3, -0.25) is 0 Å². The van der Waals surface area contributed by atoms with Gasteiger partial charge in [0.15, 0.2) is 0 Å². The Morgan fingerprint density at radius 2 is 1.81 bits per heavy atom. The van der Waals surface area contributed by atoms with Crippen molar-refractivity contribution in [2.24, 2.45) is 5.92 Å². The summed E-state index contributed by atoms with van der Waals surface area (Å²) in [4.78, 5) is 3.93. The Kier molecular flexibility index (Phi) is 6.11. The summed E-state index contributed by atoms with van der Waals surface area (Å²) in [6.07, 6.45) is -3.43. The smallest absolute Gasteiger partial charge is 0.311 e. The lowest BCUT2D eigenvalue weighted by Gasteiger charge is -2.27. The fourth-order valence-corrected chi connectivity index (χ4v) is 2.60. The zero-order valence-corrected chi connectivity index (χ0v) is 13.9. The van der Waals surface area contributed by atoms with Crippen LogP contribution >= 0.6 is 11.8 Å². The highest BCUT2D eigenvalue weighted by molar-refractivity contribution is 7.99. The standard InChI is InChI=1S/C15H23F3N2S/c1-10(2)12(9-20-14(3,4)5)21-13-7-6-11(8-19-13)15(16,17)18/h6-8,10,12,20H,9H2,1-5H3. The highest BCUT2D eigenvalue weighted by atomic mass is 32.2. The number of aromatic nitrogens is 1. The van der Waals surface area contributed by atoms with Gasteiger partial charge in [0.1, 0.15) is 0 Å². The minimum absolute atomic E-state index is 0.0151. The molecule has 1 rings (SSSR count). The average Bonchev–Trinajstić information content (AvgIpc) is 2.32. The summed E-state index contributed by atoms with van der Waals surface area (Å²) in [7, 11) is 0. The van der Waals surface area contributed by atoms with Crippen LogP contribution in [0.4, 0.5) is 13.2 Å². The van der Waals surface area contributed by atoms with Gasteiger partial charge in [-0.25, -0.2) is 4.98 Å². The molecule has 6 heteroatoms. The maximum atomic E-state index is 12.5. The van der Waals surface area contributed by atoms with Gasteiger partial charge in [-0.2, -0.15) is 13.2 Å². The fraction of sp³-hybridized carbons (Fsp3) is 0.667. The normalized spacial score (nSPS) is 14.5. The van der Waals surface area contributed by atoms with Gasteiger partial charge in [0.2, 0.25) is 0 Å². The molecule has 2 nitrogen and oxygen atoms in total. The molecule has 0 aliphatic heterocycles. The molecule has 0 spiro atoms. The van der Waals surface area contributed by atoms with E-state index in [0.29, 0.717) is 10.9 Å². The summed E-state index contributed by atoms with van der Waals surface area (Å²) >= 11 is 1.52. The lowest BCUT2D eigenvalue weighted by molar-refractivity contribution is -0.137. The van der Waals surface area contributed by atoms with Gasteiger partial charge in [0.05, 0.1) is 10.6 Å². The van der Waals surface area contributed by atoms with Crippen molar-refractivity contribution in [1.29, 1.82) is 0 Å². The number of thioether (sulfide) groups is 1.